The second-order valence-electron chi connectivity index (χ2n) is 6.82. The Morgan fingerprint density at radius 1 is 0.941 bits per heavy atom. The topological polar surface area (TPSA) is 76.1 Å². The van der Waals surface area contributed by atoms with Crippen LogP contribution in [0.25, 0.3) is 0 Å². The molecule has 0 aliphatic heterocycles. The lowest BCUT2D eigenvalue weighted by Crippen LogP contribution is -2.13. The summed E-state index contributed by atoms with van der Waals surface area (Å²) in [5, 5.41) is 5.19. The quantitative estimate of drug-likeness (QED) is 0.300. The lowest BCUT2D eigenvalue weighted by Gasteiger charge is -2.15. The number of halogens is 7. The van der Waals surface area contributed by atoms with Crippen molar-refractivity contribution < 1.29 is 35.9 Å². The van der Waals surface area contributed by atoms with Crippen molar-refractivity contribution in [3.8, 4) is 11.6 Å². The number of hydrogen-bond acceptors (Lipinski definition) is 5. The molecule has 0 unspecified atom stereocenters. The zero-order valence-electron chi connectivity index (χ0n) is 17.0. The number of benzene rings is 2. The SMILES string of the molecule is O=C(CCl)Nc1cccc(Oc2cc(NCc3cc(C(F)(F)F)cc(C(F)(F)F)c3)ncn2)c1. The molecule has 13 heteroatoms. The van der Waals surface area contributed by atoms with Crippen LogP contribution in [0.2, 0.25) is 0 Å². The molecule has 3 rings (SSSR count). The molecule has 0 saturated heterocycles. The Balaban J connectivity index is 1.74. The van der Waals surface area contributed by atoms with Crippen LogP contribution in [0.1, 0.15) is 16.7 Å². The van der Waals surface area contributed by atoms with Crippen molar-refractivity contribution in [3.05, 3.63) is 71.5 Å². The number of ether oxygens (including phenoxy) is 1. The lowest BCUT2D eigenvalue weighted by molar-refractivity contribution is -0.143. The highest BCUT2D eigenvalue weighted by Gasteiger charge is 2.36. The van der Waals surface area contributed by atoms with Gasteiger partial charge >= 0.3 is 12.4 Å². The van der Waals surface area contributed by atoms with E-state index in [1.165, 1.54) is 12.1 Å². The summed E-state index contributed by atoms with van der Waals surface area (Å²) in [4.78, 5) is 19.2. The Kier molecular flexibility index (Phi) is 7.50. The van der Waals surface area contributed by atoms with Crippen molar-refractivity contribution >= 4 is 29.0 Å². The smallest absolute Gasteiger partial charge is 0.416 e. The molecule has 2 N–H and O–H groups in total. The largest absolute Gasteiger partial charge is 0.439 e. The molecule has 1 amide bonds. The second kappa shape index (κ2) is 10.2. The summed E-state index contributed by atoms with van der Waals surface area (Å²) in [5.74, 6) is -0.219. The van der Waals surface area contributed by atoms with Gasteiger partial charge in [-0.05, 0) is 35.9 Å². The van der Waals surface area contributed by atoms with Crippen LogP contribution in [0.3, 0.4) is 0 Å². The Morgan fingerprint density at radius 2 is 1.62 bits per heavy atom. The molecule has 0 aliphatic carbocycles. The molecular weight excluding hydrogens is 490 g/mol. The van der Waals surface area contributed by atoms with Gasteiger partial charge in [-0.1, -0.05) is 6.07 Å². The normalized spacial score (nSPS) is 11.7. The molecule has 6 nitrogen and oxygen atoms in total. The van der Waals surface area contributed by atoms with Gasteiger partial charge in [0.25, 0.3) is 0 Å². The van der Waals surface area contributed by atoms with Gasteiger partial charge in [0.2, 0.25) is 11.8 Å². The van der Waals surface area contributed by atoms with Crippen LogP contribution in [0.5, 0.6) is 11.6 Å². The van der Waals surface area contributed by atoms with E-state index in [0.717, 1.165) is 6.33 Å². The van der Waals surface area contributed by atoms with Crippen LogP contribution in [-0.4, -0.2) is 21.8 Å². The van der Waals surface area contributed by atoms with E-state index in [9.17, 15) is 31.1 Å². The number of amides is 1. The van der Waals surface area contributed by atoms with Crippen molar-refractivity contribution in [2.45, 2.75) is 18.9 Å². The van der Waals surface area contributed by atoms with Gasteiger partial charge in [-0.15, -0.1) is 11.6 Å². The number of nitrogens with zero attached hydrogens (tertiary/aromatic N) is 2. The zero-order valence-corrected chi connectivity index (χ0v) is 17.7. The molecule has 0 radical (unpaired) electrons. The lowest BCUT2D eigenvalue weighted by atomic mass is 10.0. The molecule has 1 aromatic heterocycles. The first-order valence-corrected chi connectivity index (χ1v) is 9.95. The Labute approximate surface area is 193 Å². The van der Waals surface area contributed by atoms with Gasteiger partial charge in [0.15, 0.2) is 0 Å². The van der Waals surface area contributed by atoms with Gasteiger partial charge in [-0.2, -0.15) is 26.3 Å². The summed E-state index contributed by atoms with van der Waals surface area (Å²) < 4.78 is 83.7. The number of nitrogens with one attached hydrogen (secondary N) is 2. The van der Waals surface area contributed by atoms with Gasteiger partial charge in [0, 0.05) is 24.4 Å². The van der Waals surface area contributed by atoms with Crippen LogP contribution in [0.15, 0.2) is 54.9 Å². The van der Waals surface area contributed by atoms with Gasteiger partial charge in [0.05, 0.1) is 11.1 Å². The maximum atomic E-state index is 13.0. The van der Waals surface area contributed by atoms with Crippen molar-refractivity contribution in [2.24, 2.45) is 0 Å². The number of alkyl halides is 7. The number of anilines is 2. The third-order valence-electron chi connectivity index (χ3n) is 4.22. The van der Waals surface area contributed by atoms with E-state index in [0.29, 0.717) is 23.6 Å². The summed E-state index contributed by atoms with van der Waals surface area (Å²) >= 11 is 5.45. The average Bonchev–Trinajstić information content (AvgIpc) is 2.77. The molecule has 180 valence electrons. The molecule has 3 aromatic rings. The molecule has 0 spiro atoms. The monoisotopic (exact) mass is 504 g/mol. The van der Waals surface area contributed by atoms with E-state index in [1.807, 2.05) is 0 Å². The van der Waals surface area contributed by atoms with Gasteiger partial charge in [0.1, 0.15) is 23.8 Å². The maximum Gasteiger partial charge on any atom is 0.416 e. The van der Waals surface area contributed by atoms with Crippen LogP contribution in [0.4, 0.5) is 37.8 Å². The molecule has 0 saturated carbocycles. The number of carbonyl (C=O) groups excluding carboxylic acids is 1. The van der Waals surface area contributed by atoms with E-state index < -0.39 is 29.4 Å². The summed E-state index contributed by atoms with van der Waals surface area (Å²) in [5.41, 5.74) is -2.65. The molecule has 0 atom stereocenters. The molecule has 34 heavy (non-hydrogen) atoms. The van der Waals surface area contributed by atoms with Gasteiger partial charge in [-0.25, -0.2) is 9.97 Å². The maximum absolute atomic E-state index is 13.0. The van der Waals surface area contributed by atoms with Gasteiger partial charge < -0.3 is 15.4 Å². The standard InChI is InChI=1S/C21H15ClF6N4O2/c22-9-18(33)32-15-2-1-3-16(7-15)34-19-8-17(30-11-31-19)29-10-12-4-13(20(23,24)25)6-14(5-12)21(26,27)28/h1-8,11H,9-10H2,(H,32,33)(H,29,30,31). The fourth-order valence-electron chi connectivity index (χ4n) is 2.76. The van der Waals surface area contributed by atoms with Crippen molar-refractivity contribution in [1.82, 2.24) is 9.97 Å². The predicted octanol–water partition coefficient (Wildman–Crippen LogP) is 6.10. The molecule has 0 bridgehead atoms. The number of carbonyl (C=O) groups is 1. The first-order valence-electron chi connectivity index (χ1n) is 9.42. The van der Waals surface area contributed by atoms with Crippen LogP contribution >= 0.6 is 11.6 Å². The number of hydrogen-bond donors (Lipinski definition) is 2. The Morgan fingerprint density at radius 3 is 2.24 bits per heavy atom. The minimum atomic E-state index is -4.94. The Bertz CT molecular complexity index is 1140. The molecule has 0 aliphatic rings. The first kappa shape index (κ1) is 25.1. The molecular formula is C21H15ClF6N4O2. The zero-order chi connectivity index (χ0) is 24.9. The predicted molar refractivity (Wildman–Crippen MR) is 112 cm³/mol. The third kappa shape index (κ3) is 6.98. The average molecular weight is 505 g/mol. The highest BCUT2D eigenvalue weighted by Crippen LogP contribution is 2.36. The second-order valence-corrected chi connectivity index (χ2v) is 7.09. The van der Waals surface area contributed by atoms with Crippen molar-refractivity contribution in [2.75, 3.05) is 16.5 Å². The van der Waals surface area contributed by atoms with E-state index in [2.05, 4.69) is 20.6 Å². The van der Waals surface area contributed by atoms with Crippen LogP contribution < -0.4 is 15.4 Å². The molecule has 0 fully saturated rings. The minimum Gasteiger partial charge on any atom is -0.439 e. The Hall–Kier alpha value is -3.54. The van der Waals surface area contributed by atoms with E-state index in [4.69, 9.17) is 16.3 Å². The van der Waals surface area contributed by atoms with Crippen molar-refractivity contribution in [3.63, 3.8) is 0 Å². The number of aromatic nitrogens is 2. The highest BCUT2D eigenvalue weighted by atomic mass is 35.5. The molecule has 1 heterocycles. The fraction of sp³-hybridized carbons (Fsp3) is 0.190. The highest BCUT2D eigenvalue weighted by molar-refractivity contribution is 6.29. The summed E-state index contributed by atoms with van der Waals surface area (Å²) in [7, 11) is 0. The summed E-state index contributed by atoms with van der Waals surface area (Å²) in [6.45, 7) is -0.372. The van der Waals surface area contributed by atoms with E-state index in [-0.39, 0.29) is 35.8 Å². The third-order valence-corrected chi connectivity index (χ3v) is 4.47. The minimum absolute atomic E-state index is 0.0401. The molecule has 2 aromatic carbocycles. The van der Waals surface area contributed by atoms with Gasteiger partial charge in [-0.3, -0.25) is 4.79 Å². The summed E-state index contributed by atoms with van der Waals surface area (Å²) in [6, 6.07) is 8.91. The fourth-order valence-corrected chi connectivity index (χ4v) is 2.83. The van der Waals surface area contributed by atoms with E-state index >= 15 is 0 Å². The van der Waals surface area contributed by atoms with E-state index in [1.54, 1.807) is 18.2 Å². The van der Waals surface area contributed by atoms with Crippen LogP contribution in [0, 0.1) is 0 Å². The first-order chi connectivity index (χ1) is 15.9. The number of rotatable bonds is 7. The van der Waals surface area contributed by atoms with Crippen molar-refractivity contribution in [1.29, 1.82) is 0 Å². The summed E-state index contributed by atoms with van der Waals surface area (Å²) in [6.07, 6.45) is -8.78. The van der Waals surface area contributed by atoms with Crippen LogP contribution in [-0.2, 0) is 23.7 Å².